The second kappa shape index (κ2) is 12.0. The van der Waals surface area contributed by atoms with Crippen molar-refractivity contribution in [3.8, 4) is 0 Å². The molecule has 0 bridgehead atoms. The van der Waals surface area contributed by atoms with Crippen LogP contribution in [0.25, 0.3) is 0 Å². The van der Waals surface area contributed by atoms with Gasteiger partial charge in [0.2, 0.25) is 0 Å². The van der Waals surface area contributed by atoms with Crippen LogP contribution in [0.4, 0.5) is 0 Å². The first-order valence-corrected chi connectivity index (χ1v) is 14.4. The third-order valence-electron chi connectivity index (χ3n) is 6.20. The molecule has 0 unspecified atom stereocenters. The lowest BCUT2D eigenvalue weighted by molar-refractivity contribution is -0.161. The Morgan fingerprint density at radius 1 is 1.12 bits per heavy atom. The van der Waals surface area contributed by atoms with E-state index in [-0.39, 0.29) is 22.9 Å². The largest absolute Gasteiger partial charge is 0.463 e. The minimum atomic E-state index is -2.15. The molecule has 0 saturated carbocycles. The van der Waals surface area contributed by atoms with Crippen LogP contribution in [0, 0.1) is 5.92 Å². The van der Waals surface area contributed by atoms with Gasteiger partial charge in [-0.1, -0.05) is 65.3 Å². The van der Waals surface area contributed by atoms with E-state index < -0.39 is 26.1 Å². The summed E-state index contributed by atoms with van der Waals surface area (Å²) in [6.07, 6.45) is 9.71. The SMILES string of the molecule is CCOC(=O)/C=C/C=C/C=C/[C@@H](OC(=O)[C@H](O[Si](C)(C)C(C)(C)C)[C@@H](C)CC)[C@]1(C)CO1. The number of esters is 2. The zero-order chi connectivity index (χ0) is 24.6. The van der Waals surface area contributed by atoms with Crippen LogP contribution in [0.15, 0.2) is 36.5 Å². The number of ether oxygens (including phenoxy) is 3. The highest BCUT2D eigenvalue weighted by atomic mass is 28.4. The molecule has 0 aromatic heterocycles. The summed E-state index contributed by atoms with van der Waals surface area (Å²) >= 11 is 0. The van der Waals surface area contributed by atoms with E-state index in [1.165, 1.54) is 6.08 Å². The van der Waals surface area contributed by atoms with Crippen LogP contribution in [0.2, 0.25) is 18.1 Å². The van der Waals surface area contributed by atoms with Gasteiger partial charge >= 0.3 is 11.9 Å². The Labute approximate surface area is 195 Å². The summed E-state index contributed by atoms with van der Waals surface area (Å²) in [6.45, 7) is 19.4. The molecular formula is C25H42O6Si. The molecular weight excluding hydrogens is 424 g/mol. The van der Waals surface area contributed by atoms with Crippen LogP contribution in [0.5, 0.6) is 0 Å². The first-order chi connectivity index (χ1) is 14.8. The molecule has 1 aliphatic rings. The molecule has 0 aliphatic carbocycles. The molecule has 0 spiro atoms. The third kappa shape index (κ3) is 8.68. The molecule has 1 rings (SSSR count). The van der Waals surface area contributed by atoms with E-state index in [2.05, 4.69) is 40.8 Å². The van der Waals surface area contributed by atoms with Crippen molar-refractivity contribution < 1.29 is 28.2 Å². The Morgan fingerprint density at radius 2 is 1.72 bits per heavy atom. The average molecular weight is 467 g/mol. The van der Waals surface area contributed by atoms with Crippen molar-refractivity contribution in [1.29, 1.82) is 0 Å². The van der Waals surface area contributed by atoms with E-state index in [4.69, 9.17) is 18.6 Å². The van der Waals surface area contributed by atoms with Crippen molar-refractivity contribution in [2.45, 2.75) is 90.8 Å². The second-order valence-electron chi connectivity index (χ2n) is 10.0. The maximum absolute atomic E-state index is 13.2. The number of epoxide rings is 1. The van der Waals surface area contributed by atoms with Crippen LogP contribution in [0.3, 0.4) is 0 Å². The highest BCUT2D eigenvalue weighted by molar-refractivity contribution is 6.74. The van der Waals surface area contributed by atoms with Gasteiger partial charge < -0.3 is 18.6 Å². The summed E-state index contributed by atoms with van der Waals surface area (Å²) in [5.74, 6) is -0.687. The minimum Gasteiger partial charge on any atom is -0.463 e. The van der Waals surface area contributed by atoms with E-state index in [0.717, 1.165) is 6.42 Å². The number of carbonyl (C=O) groups excluding carboxylic acids is 2. The van der Waals surface area contributed by atoms with Crippen LogP contribution in [0.1, 0.15) is 54.9 Å². The van der Waals surface area contributed by atoms with Gasteiger partial charge in [0, 0.05) is 6.08 Å². The van der Waals surface area contributed by atoms with Crippen LogP contribution >= 0.6 is 0 Å². The van der Waals surface area contributed by atoms with Gasteiger partial charge in [0.05, 0.1) is 13.2 Å². The molecule has 6 nitrogen and oxygen atoms in total. The Hall–Kier alpha value is -1.70. The van der Waals surface area contributed by atoms with Gasteiger partial charge in [-0.05, 0) is 44.0 Å². The molecule has 32 heavy (non-hydrogen) atoms. The Bertz CT molecular complexity index is 712. The number of hydrogen-bond donors (Lipinski definition) is 0. The average Bonchev–Trinajstić information content (AvgIpc) is 3.44. The van der Waals surface area contributed by atoms with Gasteiger partial charge in [0.15, 0.2) is 14.4 Å². The molecule has 1 heterocycles. The smallest absolute Gasteiger partial charge is 0.334 e. The highest BCUT2D eigenvalue weighted by Gasteiger charge is 2.50. The quantitative estimate of drug-likeness (QED) is 0.127. The lowest BCUT2D eigenvalue weighted by Gasteiger charge is -2.40. The molecule has 1 fully saturated rings. The van der Waals surface area contributed by atoms with Gasteiger partial charge in [0.1, 0.15) is 11.7 Å². The number of carbonyl (C=O) groups is 2. The summed E-state index contributed by atoms with van der Waals surface area (Å²) in [7, 11) is -2.15. The van der Waals surface area contributed by atoms with E-state index in [9.17, 15) is 9.59 Å². The predicted octanol–water partition coefficient (Wildman–Crippen LogP) is 5.36. The molecule has 0 aromatic rings. The van der Waals surface area contributed by atoms with Crippen molar-refractivity contribution in [3.05, 3.63) is 36.5 Å². The van der Waals surface area contributed by atoms with Crippen molar-refractivity contribution >= 4 is 20.3 Å². The second-order valence-corrected chi connectivity index (χ2v) is 14.8. The lowest BCUT2D eigenvalue weighted by atomic mass is 10.0. The topological polar surface area (TPSA) is 74.4 Å². The van der Waals surface area contributed by atoms with Crippen molar-refractivity contribution in [1.82, 2.24) is 0 Å². The Balaban J connectivity index is 2.90. The predicted molar refractivity (Wildman–Crippen MR) is 130 cm³/mol. The van der Waals surface area contributed by atoms with Gasteiger partial charge in [0.25, 0.3) is 0 Å². The van der Waals surface area contributed by atoms with Crippen molar-refractivity contribution in [2.24, 2.45) is 5.92 Å². The summed E-state index contributed by atoms with van der Waals surface area (Å²) in [5, 5.41) is -0.00819. The minimum absolute atomic E-state index is 0.00819. The van der Waals surface area contributed by atoms with Gasteiger partial charge in [-0.3, -0.25) is 0 Å². The van der Waals surface area contributed by atoms with Crippen LogP contribution in [-0.4, -0.2) is 51.3 Å². The first kappa shape index (κ1) is 28.3. The fourth-order valence-electron chi connectivity index (χ4n) is 2.56. The maximum atomic E-state index is 13.2. The number of hydrogen-bond acceptors (Lipinski definition) is 6. The highest BCUT2D eigenvalue weighted by Crippen LogP contribution is 2.39. The summed E-state index contributed by atoms with van der Waals surface area (Å²) in [4.78, 5) is 24.5. The summed E-state index contributed by atoms with van der Waals surface area (Å²) in [6, 6.07) is 0. The van der Waals surface area contributed by atoms with Crippen LogP contribution < -0.4 is 0 Å². The van der Waals surface area contributed by atoms with Gasteiger partial charge in [-0.2, -0.15) is 0 Å². The van der Waals surface area contributed by atoms with Crippen LogP contribution in [-0.2, 0) is 28.2 Å². The molecule has 0 aromatic carbocycles. The zero-order valence-electron chi connectivity index (χ0n) is 21.3. The fraction of sp³-hybridized carbons (Fsp3) is 0.680. The normalized spacial score (nSPS) is 22.3. The molecule has 1 saturated heterocycles. The molecule has 0 radical (unpaired) electrons. The summed E-state index contributed by atoms with van der Waals surface area (Å²) < 4.78 is 22.8. The van der Waals surface area contributed by atoms with E-state index in [0.29, 0.717) is 13.2 Å². The van der Waals surface area contributed by atoms with Gasteiger partial charge in [-0.25, -0.2) is 9.59 Å². The Morgan fingerprint density at radius 3 is 2.22 bits per heavy atom. The zero-order valence-corrected chi connectivity index (χ0v) is 22.3. The van der Waals surface area contributed by atoms with E-state index in [1.54, 1.807) is 37.3 Å². The third-order valence-corrected chi connectivity index (χ3v) is 10.7. The fourth-order valence-corrected chi connectivity index (χ4v) is 3.88. The molecule has 0 N–H and O–H groups in total. The molecule has 1 aliphatic heterocycles. The van der Waals surface area contributed by atoms with E-state index in [1.807, 2.05) is 13.8 Å². The number of allylic oxidation sites excluding steroid dienone is 4. The molecule has 7 heteroatoms. The van der Waals surface area contributed by atoms with Gasteiger partial charge in [-0.15, -0.1) is 0 Å². The monoisotopic (exact) mass is 466 g/mol. The summed E-state index contributed by atoms with van der Waals surface area (Å²) in [5.41, 5.74) is -0.530. The van der Waals surface area contributed by atoms with E-state index >= 15 is 0 Å². The van der Waals surface area contributed by atoms with Crippen molar-refractivity contribution in [2.75, 3.05) is 13.2 Å². The molecule has 182 valence electrons. The molecule has 0 amide bonds. The first-order valence-electron chi connectivity index (χ1n) is 11.5. The number of rotatable bonds is 12. The van der Waals surface area contributed by atoms with Crippen molar-refractivity contribution in [3.63, 3.8) is 0 Å². The lowest BCUT2D eigenvalue weighted by Crippen LogP contribution is -2.49. The Kier molecular flexibility index (Phi) is 10.6. The standard InChI is InChI=1S/C25H42O6Si/c1-10-19(3)22(31-32(8,9)24(4,5)6)23(27)30-20(25(7)18-29-25)16-14-12-13-15-17-21(26)28-11-2/h12-17,19-20,22H,10-11,18H2,1-9H3/b13-12+,16-14+,17-15+/t19-,20+,22+,25-/m0/s1. The maximum Gasteiger partial charge on any atom is 0.334 e. The molecule has 4 atom stereocenters.